The summed E-state index contributed by atoms with van der Waals surface area (Å²) in [7, 11) is 3.20. The molecule has 0 radical (unpaired) electrons. The van der Waals surface area contributed by atoms with Gasteiger partial charge in [0.1, 0.15) is 0 Å². The Hall–Kier alpha value is -1.79. The predicted octanol–water partition coefficient (Wildman–Crippen LogP) is 1.72. The minimum absolute atomic E-state index is 0.0377. The van der Waals surface area contributed by atoms with E-state index < -0.39 is 11.5 Å². The minimum Gasteiger partial charge on any atom is -0.493 e. The van der Waals surface area contributed by atoms with Crippen LogP contribution in [0.3, 0.4) is 0 Å². The van der Waals surface area contributed by atoms with E-state index in [1.165, 1.54) is 0 Å². The van der Waals surface area contributed by atoms with E-state index in [4.69, 9.17) is 9.47 Å². The zero-order chi connectivity index (χ0) is 18.7. The highest BCUT2D eigenvalue weighted by atomic mass is 16.5. The molecule has 6 nitrogen and oxygen atoms in total. The van der Waals surface area contributed by atoms with Crippen molar-refractivity contribution >= 4 is 5.91 Å². The van der Waals surface area contributed by atoms with Crippen LogP contribution < -0.4 is 9.47 Å². The largest absolute Gasteiger partial charge is 0.493 e. The van der Waals surface area contributed by atoms with Gasteiger partial charge in [-0.05, 0) is 37.0 Å². The topological polar surface area (TPSA) is 79.2 Å². The van der Waals surface area contributed by atoms with Crippen LogP contribution in [-0.2, 0) is 10.2 Å². The number of piperidine rings is 1. The molecule has 0 spiro atoms. The molecule has 6 heteroatoms. The average Bonchev–Trinajstić information content (AvgIpc) is 3.17. The molecular weight excluding hydrogens is 334 g/mol. The molecule has 1 aromatic carbocycles. The maximum absolute atomic E-state index is 13.5. The Kier molecular flexibility index (Phi) is 5.73. The Morgan fingerprint density at radius 1 is 1.23 bits per heavy atom. The van der Waals surface area contributed by atoms with Crippen molar-refractivity contribution in [3.05, 3.63) is 23.8 Å². The second-order valence-corrected chi connectivity index (χ2v) is 7.41. The Labute approximate surface area is 154 Å². The van der Waals surface area contributed by atoms with E-state index in [9.17, 15) is 15.0 Å². The minimum atomic E-state index is -0.665. The summed E-state index contributed by atoms with van der Waals surface area (Å²) in [6.07, 6.45) is 3.59. The number of carbonyl (C=O) groups excluding carboxylic acids is 1. The van der Waals surface area contributed by atoms with Gasteiger partial charge >= 0.3 is 0 Å². The van der Waals surface area contributed by atoms with Crippen LogP contribution in [0.25, 0.3) is 0 Å². The van der Waals surface area contributed by atoms with Gasteiger partial charge in [0.25, 0.3) is 0 Å². The van der Waals surface area contributed by atoms with Gasteiger partial charge in [-0.25, -0.2) is 0 Å². The average molecular weight is 363 g/mol. The third-order valence-electron chi connectivity index (χ3n) is 6.05. The van der Waals surface area contributed by atoms with Crippen molar-refractivity contribution in [3.63, 3.8) is 0 Å². The van der Waals surface area contributed by atoms with Crippen LogP contribution in [0.2, 0.25) is 0 Å². The van der Waals surface area contributed by atoms with Gasteiger partial charge < -0.3 is 24.6 Å². The van der Waals surface area contributed by atoms with Gasteiger partial charge in [-0.2, -0.15) is 0 Å². The maximum Gasteiger partial charge on any atom is 0.233 e. The number of hydrogen-bond acceptors (Lipinski definition) is 5. The molecule has 2 atom stereocenters. The zero-order valence-corrected chi connectivity index (χ0v) is 15.6. The number of hydrogen-bond donors (Lipinski definition) is 2. The second-order valence-electron chi connectivity index (χ2n) is 7.41. The first kappa shape index (κ1) is 19.0. The van der Waals surface area contributed by atoms with Gasteiger partial charge in [-0.3, -0.25) is 4.79 Å². The number of nitrogens with zero attached hydrogens (tertiary/aromatic N) is 1. The van der Waals surface area contributed by atoms with Crippen LogP contribution in [0.15, 0.2) is 18.2 Å². The summed E-state index contributed by atoms with van der Waals surface area (Å²) in [5, 5.41) is 19.6. The van der Waals surface area contributed by atoms with E-state index in [0.717, 1.165) is 31.2 Å². The van der Waals surface area contributed by atoms with Crippen molar-refractivity contribution in [1.82, 2.24) is 4.90 Å². The molecule has 2 fully saturated rings. The van der Waals surface area contributed by atoms with Gasteiger partial charge in [0.2, 0.25) is 5.91 Å². The van der Waals surface area contributed by atoms with Crippen molar-refractivity contribution in [2.75, 3.05) is 33.9 Å². The van der Waals surface area contributed by atoms with Crippen molar-refractivity contribution in [1.29, 1.82) is 0 Å². The van der Waals surface area contributed by atoms with Crippen LogP contribution in [0.4, 0.5) is 0 Å². The molecule has 1 saturated heterocycles. The summed E-state index contributed by atoms with van der Waals surface area (Å²) >= 11 is 0. The molecule has 1 aliphatic carbocycles. The van der Waals surface area contributed by atoms with Gasteiger partial charge in [-0.1, -0.05) is 18.9 Å². The zero-order valence-electron chi connectivity index (χ0n) is 15.6. The molecular formula is C20H29NO5. The molecule has 1 aliphatic heterocycles. The van der Waals surface area contributed by atoms with E-state index in [2.05, 4.69) is 0 Å². The molecule has 0 unspecified atom stereocenters. The van der Waals surface area contributed by atoms with Crippen LogP contribution in [0.1, 0.15) is 37.7 Å². The van der Waals surface area contributed by atoms with Crippen LogP contribution in [-0.4, -0.2) is 61.0 Å². The molecule has 2 aliphatic rings. The third kappa shape index (κ3) is 3.28. The first-order chi connectivity index (χ1) is 12.6. The molecule has 1 amide bonds. The molecule has 144 valence electrons. The van der Waals surface area contributed by atoms with E-state index in [-0.39, 0.29) is 18.4 Å². The number of aliphatic hydroxyl groups is 2. The molecule has 2 N–H and O–H groups in total. The van der Waals surface area contributed by atoms with Crippen LogP contribution in [0, 0.1) is 5.92 Å². The molecule has 3 rings (SSSR count). The SMILES string of the molecule is COc1ccc(C2(C(=O)N3CC[C@H](CO)[C@@H](O)C3)CCCC2)cc1OC. The standard InChI is InChI=1S/C20H29NO5/c1-25-17-6-5-15(11-18(17)26-2)20(8-3-4-9-20)19(24)21-10-7-14(13-22)16(23)12-21/h5-6,11,14,16,22-23H,3-4,7-10,12-13H2,1-2H3/t14-,16+/m1/s1. The molecule has 0 aromatic heterocycles. The van der Waals surface area contributed by atoms with Crippen molar-refractivity contribution < 1.29 is 24.5 Å². The molecule has 1 aromatic rings. The first-order valence-electron chi connectivity index (χ1n) is 9.36. The fraction of sp³-hybridized carbons (Fsp3) is 0.650. The highest BCUT2D eigenvalue weighted by Gasteiger charge is 2.46. The van der Waals surface area contributed by atoms with E-state index in [1.54, 1.807) is 19.1 Å². The van der Waals surface area contributed by atoms with Crippen LogP contribution in [0.5, 0.6) is 11.5 Å². The monoisotopic (exact) mass is 363 g/mol. The lowest BCUT2D eigenvalue weighted by Crippen LogP contribution is -2.53. The van der Waals surface area contributed by atoms with Gasteiger partial charge in [0, 0.05) is 25.6 Å². The summed E-state index contributed by atoms with van der Waals surface area (Å²) in [6.45, 7) is 0.833. The Morgan fingerprint density at radius 3 is 2.50 bits per heavy atom. The van der Waals surface area contributed by atoms with Crippen molar-refractivity contribution in [3.8, 4) is 11.5 Å². The van der Waals surface area contributed by atoms with Crippen molar-refractivity contribution in [2.45, 2.75) is 43.6 Å². The first-order valence-corrected chi connectivity index (χ1v) is 9.36. The Bertz CT molecular complexity index is 641. The Morgan fingerprint density at radius 2 is 1.92 bits per heavy atom. The molecule has 1 saturated carbocycles. The van der Waals surface area contributed by atoms with Gasteiger partial charge in [0.05, 0.1) is 25.7 Å². The second kappa shape index (κ2) is 7.84. The lowest BCUT2D eigenvalue weighted by Gasteiger charge is -2.40. The highest BCUT2D eigenvalue weighted by molar-refractivity contribution is 5.89. The van der Waals surface area contributed by atoms with E-state index >= 15 is 0 Å². The highest BCUT2D eigenvalue weighted by Crippen LogP contribution is 2.45. The summed E-state index contributed by atoms with van der Waals surface area (Å²) < 4.78 is 10.8. The lowest BCUT2D eigenvalue weighted by atomic mass is 9.76. The number of β-amino-alcohol motifs (C(OH)–C–C–N with tert-alkyl or cyclic N) is 1. The number of carbonyl (C=O) groups is 1. The fourth-order valence-electron chi connectivity index (χ4n) is 4.42. The summed E-state index contributed by atoms with van der Waals surface area (Å²) in [5.41, 5.74) is 0.391. The number of rotatable bonds is 5. The fourth-order valence-corrected chi connectivity index (χ4v) is 4.42. The number of ether oxygens (including phenoxy) is 2. The number of likely N-dealkylation sites (tertiary alicyclic amines) is 1. The quantitative estimate of drug-likeness (QED) is 0.833. The predicted molar refractivity (Wildman–Crippen MR) is 97.5 cm³/mol. The van der Waals surface area contributed by atoms with E-state index in [1.807, 2.05) is 18.2 Å². The smallest absolute Gasteiger partial charge is 0.233 e. The number of aliphatic hydroxyl groups excluding tert-OH is 2. The normalized spacial score (nSPS) is 25.2. The summed E-state index contributed by atoms with van der Waals surface area (Å²) in [5.74, 6) is 1.22. The Balaban J connectivity index is 1.90. The maximum atomic E-state index is 13.5. The lowest BCUT2D eigenvalue weighted by molar-refractivity contribution is -0.142. The molecule has 26 heavy (non-hydrogen) atoms. The third-order valence-corrected chi connectivity index (χ3v) is 6.05. The van der Waals surface area contributed by atoms with Crippen LogP contribution >= 0.6 is 0 Å². The number of methoxy groups -OCH3 is 2. The summed E-state index contributed by atoms with van der Waals surface area (Å²) in [4.78, 5) is 15.3. The molecule has 0 bridgehead atoms. The number of benzene rings is 1. The molecule has 1 heterocycles. The van der Waals surface area contributed by atoms with Gasteiger partial charge in [-0.15, -0.1) is 0 Å². The summed E-state index contributed by atoms with van der Waals surface area (Å²) in [6, 6.07) is 5.73. The van der Waals surface area contributed by atoms with Gasteiger partial charge in [0.15, 0.2) is 11.5 Å². The van der Waals surface area contributed by atoms with E-state index in [0.29, 0.717) is 31.0 Å². The van der Waals surface area contributed by atoms with Crippen molar-refractivity contribution in [2.24, 2.45) is 5.92 Å². The number of amides is 1.